The zero-order valence-corrected chi connectivity index (χ0v) is 12.2. The molecule has 0 atom stereocenters. The maximum Gasteiger partial charge on any atom is 0.318 e. The first-order chi connectivity index (χ1) is 9.20. The van der Waals surface area contributed by atoms with Crippen LogP contribution in [0.25, 0.3) is 0 Å². The van der Waals surface area contributed by atoms with E-state index >= 15 is 0 Å². The maximum atomic E-state index is 12.4. The van der Waals surface area contributed by atoms with Gasteiger partial charge in [0, 0.05) is 12.2 Å². The predicted molar refractivity (Wildman–Crippen MR) is 70.4 cm³/mol. The van der Waals surface area contributed by atoms with Crippen molar-refractivity contribution in [2.45, 2.75) is 31.7 Å². The van der Waals surface area contributed by atoms with Crippen molar-refractivity contribution in [3.63, 3.8) is 0 Å². The van der Waals surface area contributed by atoms with Crippen LogP contribution in [0.15, 0.2) is 17.2 Å². The van der Waals surface area contributed by atoms with Gasteiger partial charge in [0.25, 0.3) is 0 Å². The summed E-state index contributed by atoms with van der Waals surface area (Å²) in [7, 11) is -4.01. The number of sulfonamides is 1. The van der Waals surface area contributed by atoms with E-state index in [1.165, 1.54) is 6.07 Å². The molecule has 0 aliphatic heterocycles. The standard InChI is InChI=1S/C12H15N3O4S/c1-8(2)15(7-12(16)17)20(18,19)11-4-10(5-13)9(3)14-6-11/h4,6,8H,7H2,1-3H3,(H,16,17). The summed E-state index contributed by atoms with van der Waals surface area (Å²) in [5.74, 6) is -1.25. The molecule has 0 aliphatic carbocycles. The molecule has 0 radical (unpaired) electrons. The Morgan fingerprint density at radius 3 is 2.60 bits per heavy atom. The van der Waals surface area contributed by atoms with Gasteiger partial charge in [-0.25, -0.2) is 8.42 Å². The molecule has 0 amide bonds. The Labute approximate surface area is 117 Å². The number of carboxylic acids is 1. The Morgan fingerprint density at radius 2 is 2.15 bits per heavy atom. The van der Waals surface area contributed by atoms with Gasteiger partial charge in [-0.05, 0) is 26.8 Å². The highest BCUT2D eigenvalue weighted by atomic mass is 32.2. The quantitative estimate of drug-likeness (QED) is 0.858. The third-order valence-electron chi connectivity index (χ3n) is 2.66. The number of pyridine rings is 1. The second-order valence-electron chi connectivity index (χ2n) is 4.45. The Morgan fingerprint density at radius 1 is 1.55 bits per heavy atom. The van der Waals surface area contributed by atoms with E-state index < -0.39 is 28.6 Å². The topological polar surface area (TPSA) is 111 Å². The molecule has 0 aliphatic rings. The molecule has 1 aromatic rings. The summed E-state index contributed by atoms with van der Waals surface area (Å²) in [6, 6.07) is 2.53. The molecule has 0 saturated heterocycles. The fourth-order valence-electron chi connectivity index (χ4n) is 1.58. The van der Waals surface area contributed by atoms with Crippen LogP contribution >= 0.6 is 0 Å². The number of aliphatic carboxylic acids is 1. The lowest BCUT2D eigenvalue weighted by Gasteiger charge is -2.24. The molecule has 0 fully saturated rings. The molecule has 0 bridgehead atoms. The predicted octanol–water partition coefficient (Wildman–Crippen LogP) is 0.745. The summed E-state index contributed by atoms with van der Waals surface area (Å²) in [4.78, 5) is 14.5. The van der Waals surface area contributed by atoms with Crippen molar-refractivity contribution in [1.82, 2.24) is 9.29 Å². The molecular weight excluding hydrogens is 282 g/mol. The minimum absolute atomic E-state index is 0.144. The lowest BCUT2D eigenvalue weighted by Crippen LogP contribution is -2.40. The van der Waals surface area contributed by atoms with E-state index in [9.17, 15) is 13.2 Å². The number of hydrogen-bond donors (Lipinski definition) is 1. The number of nitriles is 1. The molecule has 1 N–H and O–H groups in total. The summed E-state index contributed by atoms with van der Waals surface area (Å²) >= 11 is 0. The molecule has 0 aromatic carbocycles. The van der Waals surface area contributed by atoms with Crippen LogP contribution < -0.4 is 0 Å². The van der Waals surface area contributed by atoms with Crippen LogP contribution in [0.3, 0.4) is 0 Å². The Hall–Kier alpha value is -1.98. The number of hydrogen-bond acceptors (Lipinski definition) is 5. The highest BCUT2D eigenvalue weighted by molar-refractivity contribution is 7.89. The summed E-state index contributed by atoms with van der Waals surface area (Å²) < 4.78 is 25.7. The molecule has 0 saturated carbocycles. The van der Waals surface area contributed by atoms with Gasteiger partial charge in [0.2, 0.25) is 10.0 Å². The molecule has 7 nitrogen and oxygen atoms in total. The number of aryl methyl sites for hydroxylation is 1. The van der Waals surface area contributed by atoms with Gasteiger partial charge in [-0.2, -0.15) is 9.57 Å². The van der Waals surface area contributed by atoms with Crippen molar-refractivity contribution in [3.05, 3.63) is 23.5 Å². The van der Waals surface area contributed by atoms with Crippen molar-refractivity contribution in [1.29, 1.82) is 5.26 Å². The van der Waals surface area contributed by atoms with Gasteiger partial charge >= 0.3 is 5.97 Å². The normalized spacial score (nSPS) is 11.6. The van der Waals surface area contributed by atoms with E-state index in [1.807, 2.05) is 6.07 Å². The van der Waals surface area contributed by atoms with Crippen LogP contribution in [0.2, 0.25) is 0 Å². The number of nitrogens with zero attached hydrogens (tertiary/aromatic N) is 3. The van der Waals surface area contributed by atoms with Crippen LogP contribution in [0.1, 0.15) is 25.1 Å². The van der Waals surface area contributed by atoms with Crippen LogP contribution in [0, 0.1) is 18.3 Å². The fraction of sp³-hybridized carbons (Fsp3) is 0.417. The molecular formula is C12H15N3O4S. The molecule has 0 unspecified atom stereocenters. The van der Waals surface area contributed by atoms with E-state index in [0.29, 0.717) is 5.69 Å². The zero-order chi connectivity index (χ0) is 15.5. The lowest BCUT2D eigenvalue weighted by atomic mass is 10.2. The van der Waals surface area contributed by atoms with E-state index in [-0.39, 0.29) is 10.5 Å². The first-order valence-corrected chi connectivity index (χ1v) is 7.24. The highest BCUT2D eigenvalue weighted by Gasteiger charge is 2.29. The SMILES string of the molecule is Cc1ncc(S(=O)(=O)N(CC(=O)O)C(C)C)cc1C#N. The molecule has 1 heterocycles. The van der Waals surface area contributed by atoms with Gasteiger partial charge in [-0.3, -0.25) is 9.78 Å². The summed E-state index contributed by atoms with van der Waals surface area (Å²) in [5, 5.41) is 17.7. The van der Waals surface area contributed by atoms with Crippen molar-refractivity contribution < 1.29 is 18.3 Å². The van der Waals surface area contributed by atoms with Crippen molar-refractivity contribution in [3.8, 4) is 6.07 Å². The van der Waals surface area contributed by atoms with Gasteiger partial charge in [0.15, 0.2) is 0 Å². The van der Waals surface area contributed by atoms with Gasteiger partial charge in [-0.15, -0.1) is 0 Å². The third-order valence-corrected chi connectivity index (χ3v) is 4.64. The first kappa shape index (κ1) is 16.1. The zero-order valence-electron chi connectivity index (χ0n) is 11.4. The van der Waals surface area contributed by atoms with Crippen molar-refractivity contribution in [2.75, 3.05) is 6.54 Å². The van der Waals surface area contributed by atoms with Crippen LogP contribution in [0.4, 0.5) is 0 Å². The number of rotatable bonds is 5. The Balaban J connectivity index is 3.34. The minimum atomic E-state index is -4.01. The molecule has 108 valence electrons. The second kappa shape index (κ2) is 5.98. The van der Waals surface area contributed by atoms with Crippen molar-refractivity contribution >= 4 is 16.0 Å². The smallest absolute Gasteiger partial charge is 0.318 e. The molecule has 0 spiro atoms. The largest absolute Gasteiger partial charge is 0.480 e. The van der Waals surface area contributed by atoms with Crippen molar-refractivity contribution in [2.24, 2.45) is 0 Å². The second-order valence-corrected chi connectivity index (χ2v) is 6.34. The highest BCUT2D eigenvalue weighted by Crippen LogP contribution is 2.19. The van der Waals surface area contributed by atoms with E-state index in [0.717, 1.165) is 10.5 Å². The molecule has 1 aromatic heterocycles. The maximum absolute atomic E-state index is 12.4. The monoisotopic (exact) mass is 297 g/mol. The van der Waals surface area contributed by atoms with Crippen LogP contribution in [-0.2, 0) is 14.8 Å². The molecule has 1 rings (SSSR count). The van der Waals surface area contributed by atoms with Gasteiger partial charge < -0.3 is 5.11 Å². The van der Waals surface area contributed by atoms with Gasteiger partial charge in [0.1, 0.15) is 17.5 Å². The third kappa shape index (κ3) is 3.31. The minimum Gasteiger partial charge on any atom is -0.480 e. The number of aromatic nitrogens is 1. The average molecular weight is 297 g/mol. The van der Waals surface area contributed by atoms with Crippen LogP contribution in [-0.4, -0.2) is 41.4 Å². The van der Waals surface area contributed by atoms with Gasteiger partial charge in [-0.1, -0.05) is 0 Å². The number of carbonyl (C=O) groups is 1. The first-order valence-electron chi connectivity index (χ1n) is 5.80. The van der Waals surface area contributed by atoms with E-state index in [2.05, 4.69) is 4.98 Å². The summed E-state index contributed by atoms with van der Waals surface area (Å²) in [5.41, 5.74) is 0.561. The van der Waals surface area contributed by atoms with Crippen LogP contribution in [0.5, 0.6) is 0 Å². The van der Waals surface area contributed by atoms with E-state index in [1.54, 1.807) is 20.8 Å². The summed E-state index contributed by atoms with van der Waals surface area (Å²) in [6.45, 7) is 4.10. The van der Waals surface area contributed by atoms with Gasteiger partial charge in [0.05, 0.1) is 11.3 Å². The Bertz CT molecular complexity index is 662. The lowest BCUT2D eigenvalue weighted by molar-refractivity contribution is -0.137. The molecule has 8 heteroatoms. The average Bonchev–Trinajstić information content (AvgIpc) is 2.35. The number of carboxylic acid groups (broad SMARTS) is 1. The Kier molecular flexibility index (Phi) is 4.81. The van der Waals surface area contributed by atoms with E-state index in [4.69, 9.17) is 10.4 Å². The fourth-order valence-corrected chi connectivity index (χ4v) is 3.14. The molecule has 20 heavy (non-hydrogen) atoms. The summed E-state index contributed by atoms with van der Waals surface area (Å²) in [6.07, 6.45) is 1.13.